The normalized spacial score (nSPS) is 11.0. The van der Waals surface area contributed by atoms with Gasteiger partial charge in [-0.1, -0.05) is 39.0 Å². The van der Waals surface area contributed by atoms with E-state index < -0.39 is 0 Å². The van der Waals surface area contributed by atoms with Gasteiger partial charge in [-0.05, 0) is 42.6 Å². The Bertz CT molecular complexity index is 548. The number of rotatable bonds is 8. The zero-order valence-electron chi connectivity index (χ0n) is 13.2. The van der Waals surface area contributed by atoms with Crippen molar-refractivity contribution in [2.45, 2.75) is 40.3 Å². The van der Waals surface area contributed by atoms with Crippen molar-refractivity contribution >= 4 is 11.3 Å². The van der Waals surface area contributed by atoms with Crippen LogP contribution in [0.25, 0.3) is 0 Å². The van der Waals surface area contributed by atoms with Crippen molar-refractivity contribution in [3.63, 3.8) is 0 Å². The van der Waals surface area contributed by atoms with Crippen molar-refractivity contribution in [1.82, 2.24) is 5.32 Å². The minimum Gasteiger partial charge on any atom is -0.488 e. The number of hydrogen-bond donors (Lipinski definition) is 1. The molecule has 1 aromatic heterocycles. The Morgan fingerprint density at radius 3 is 2.62 bits per heavy atom. The number of hydrogen-bond acceptors (Lipinski definition) is 3. The van der Waals surface area contributed by atoms with Crippen molar-refractivity contribution < 1.29 is 4.74 Å². The molecule has 0 unspecified atom stereocenters. The Labute approximate surface area is 132 Å². The predicted octanol–water partition coefficient (Wildman–Crippen LogP) is 4.64. The molecular formula is C18H25NOS. The molecule has 0 radical (unpaired) electrons. The van der Waals surface area contributed by atoms with Gasteiger partial charge in [0.2, 0.25) is 0 Å². The summed E-state index contributed by atoms with van der Waals surface area (Å²) < 4.78 is 5.96. The third kappa shape index (κ3) is 5.18. The van der Waals surface area contributed by atoms with Crippen molar-refractivity contribution in [2.75, 3.05) is 6.54 Å². The maximum Gasteiger partial charge on any atom is 0.123 e. The van der Waals surface area contributed by atoms with E-state index in [4.69, 9.17) is 4.74 Å². The summed E-state index contributed by atoms with van der Waals surface area (Å²) in [5.74, 6) is 1.70. The van der Waals surface area contributed by atoms with Gasteiger partial charge in [0, 0.05) is 16.3 Å². The lowest BCUT2D eigenvalue weighted by Crippen LogP contribution is -2.18. The first-order valence-corrected chi connectivity index (χ1v) is 8.49. The Hall–Kier alpha value is -1.32. The van der Waals surface area contributed by atoms with Crippen LogP contribution in [0.5, 0.6) is 5.75 Å². The summed E-state index contributed by atoms with van der Waals surface area (Å²) in [5, 5.41) is 3.48. The molecule has 0 aliphatic rings. The van der Waals surface area contributed by atoms with Crippen LogP contribution in [0.3, 0.4) is 0 Å². The quantitative estimate of drug-likeness (QED) is 0.767. The molecule has 0 saturated heterocycles. The molecule has 2 nitrogen and oxygen atoms in total. The van der Waals surface area contributed by atoms with E-state index >= 15 is 0 Å². The van der Waals surface area contributed by atoms with Crippen LogP contribution >= 0.6 is 11.3 Å². The lowest BCUT2D eigenvalue weighted by atomic mass is 10.1. The van der Waals surface area contributed by atoms with Crippen molar-refractivity contribution in [3.8, 4) is 5.75 Å². The van der Waals surface area contributed by atoms with Crippen LogP contribution in [-0.2, 0) is 19.6 Å². The lowest BCUT2D eigenvalue weighted by Gasteiger charge is -2.09. The molecule has 1 heterocycles. The third-order valence-corrected chi connectivity index (χ3v) is 4.35. The number of benzene rings is 1. The molecule has 0 atom stereocenters. The second-order valence-electron chi connectivity index (χ2n) is 5.64. The van der Waals surface area contributed by atoms with Gasteiger partial charge >= 0.3 is 0 Å². The highest BCUT2D eigenvalue weighted by Gasteiger charge is 2.04. The number of nitrogens with one attached hydrogen (secondary N) is 1. The first kappa shape index (κ1) is 16.1. The SMILES string of the molecule is CCc1ccccc1OCc1ccc(CNCC(C)C)s1. The molecule has 0 amide bonds. The molecule has 0 spiro atoms. The Kier molecular flexibility index (Phi) is 6.27. The third-order valence-electron chi connectivity index (χ3n) is 3.29. The summed E-state index contributed by atoms with van der Waals surface area (Å²) in [5.41, 5.74) is 1.27. The Morgan fingerprint density at radius 2 is 1.86 bits per heavy atom. The van der Waals surface area contributed by atoms with Crippen LogP contribution in [-0.4, -0.2) is 6.54 Å². The van der Waals surface area contributed by atoms with Crippen LogP contribution in [0.15, 0.2) is 36.4 Å². The zero-order valence-corrected chi connectivity index (χ0v) is 14.0. The van der Waals surface area contributed by atoms with Gasteiger partial charge in [-0.15, -0.1) is 11.3 Å². The van der Waals surface area contributed by atoms with Gasteiger partial charge in [0.25, 0.3) is 0 Å². The van der Waals surface area contributed by atoms with Crippen LogP contribution in [0.2, 0.25) is 0 Å². The first-order chi connectivity index (χ1) is 10.2. The van der Waals surface area contributed by atoms with Gasteiger partial charge in [-0.2, -0.15) is 0 Å². The van der Waals surface area contributed by atoms with Gasteiger partial charge in [0.15, 0.2) is 0 Å². The molecule has 2 aromatic rings. The summed E-state index contributed by atoms with van der Waals surface area (Å²) in [6.45, 7) is 9.29. The highest BCUT2D eigenvalue weighted by molar-refractivity contribution is 7.11. The molecule has 1 N–H and O–H groups in total. The van der Waals surface area contributed by atoms with E-state index in [0.717, 1.165) is 25.3 Å². The van der Waals surface area contributed by atoms with E-state index in [0.29, 0.717) is 12.5 Å². The topological polar surface area (TPSA) is 21.3 Å². The average Bonchev–Trinajstić information content (AvgIpc) is 2.93. The maximum atomic E-state index is 5.96. The molecule has 2 rings (SSSR count). The van der Waals surface area contributed by atoms with E-state index in [1.807, 2.05) is 17.4 Å². The number of para-hydroxylation sites is 1. The number of ether oxygens (including phenoxy) is 1. The average molecular weight is 303 g/mol. The van der Waals surface area contributed by atoms with Gasteiger partial charge in [-0.3, -0.25) is 0 Å². The van der Waals surface area contributed by atoms with Crippen molar-refractivity contribution in [1.29, 1.82) is 0 Å². The number of thiophene rings is 1. The summed E-state index contributed by atoms with van der Waals surface area (Å²) in [4.78, 5) is 2.65. The minimum atomic E-state index is 0.659. The fourth-order valence-corrected chi connectivity index (χ4v) is 3.07. The van der Waals surface area contributed by atoms with Gasteiger partial charge in [0.05, 0.1) is 0 Å². The summed E-state index contributed by atoms with van der Waals surface area (Å²) in [6.07, 6.45) is 1.00. The second-order valence-corrected chi connectivity index (χ2v) is 6.90. The van der Waals surface area contributed by atoms with Crippen LogP contribution in [0, 0.1) is 5.92 Å². The van der Waals surface area contributed by atoms with E-state index in [9.17, 15) is 0 Å². The Balaban J connectivity index is 1.85. The number of aryl methyl sites for hydroxylation is 1. The molecular weight excluding hydrogens is 278 g/mol. The van der Waals surface area contributed by atoms with Gasteiger partial charge in [0.1, 0.15) is 12.4 Å². The monoisotopic (exact) mass is 303 g/mol. The zero-order chi connectivity index (χ0) is 15.1. The van der Waals surface area contributed by atoms with Crippen LogP contribution in [0.1, 0.15) is 36.1 Å². The van der Waals surface area contributed by atoms with Crippen molar-refractivity contribution in [3.05, 3.63) is 51.7 Å². The second kappa shape index (κ2) is 8.20. The lowest BCUT2D eigenvalue weighted by molar-refractivity contribution is 0.306. The molecule has 0 saturated carbocycles. The molecule has 0 fully saturated rings. The van der Waals surface area contributed by atoms with E-state index in [-0.39, 0.29) is 0 Å². The van der Waals surface area contributed by atoms with E-state index in [2.05, 4.69) is 56.4 Å². The molecule has 0 aliphatic carbocycles. The minimum absolute atomic E-state index is 0.659. The first-order valence-electron chi connectivity index (χ1n) is 7.68. The molecule has 114 valence electrons. The summed E-state index contributed by atoms with van der Waals surface area (Å²) in [6, 6.07) is 12.6. The largest absolute Gasteiger partial charge is 0.488 e. The van der Waals surface area contributed by atoms with Crippen molar-refractivity contribution in [2.24, 2.45) is 5.92 Å². The smallest absolute Gasteiger partial charge is 0.123 e. The van der Waals surface area contributed by atoms with Gasteiger partial charge < -0.3 is 10.1 Å². The highest BCUT2D eigenvalue weighted by Crippen LogP contribution is 2.22. The molecule has 0 aliphatic heterocycles. The van der Waals surface area contributed by atoms with E-state index in [1.54, 1.807) is 0 Å². The highest BCUT2D eigenvalue weighted by atomic mass is 32.1. The Morgan fingerprint density at radius 1 is 1.10 bits per heavy atom. The standard InChI is InChI=1S/C18H25NOS/c1-4-15-7-5-6-8-18(15)20-13-17-10-9-16(21-17)12-19-11-14(2)3/h5-10,14,19H,4,11-13H2,1-3H3. The molecule has 21 heavy (non-hydrogen) atoms. The van der Waals surface area contributed by atoms with E-state index in [1.165, 1.54) is 15.3 Å². The summed E-state index contributed by atoms with van der Waals surface area (Å²) in [7, 11) is 0. The van der Waals surface area contributed by atoms with Crippen LogP contribution < -0.4 is 10.1 Å². The van der Waals surface area contributed by atoms with Gasteiger partial charge in [-0.25, -0.2) is 0 Å². The fraction of sp³-hybridized carbons (Fsp3) is 0.444. The fourth-order valence-electron chi connectivity index (χ4n) is 2.16. The van der Waals surface area contributed by atoms with Crippen LogP contribution in [0.4, 0.5) is 0 Å². The maximum absolute atomic E-state index is 5.96. The molecule has 3 heteroatoms. The summed E-state index contributed by atoms with van der Waals surface area (Å²) >= 11 is 1.83. The predicted molar refractivity (Wildman–Crippen MR) is 91.0 cm³/mol. The molecule has 0 bridgehead atoms. The molecule has 1 aromatic carbocycles.